The van der Waals surface area contributed by atoms with Crippen LogP contribution in [0.5, 0.6) is 0 Å². The molecule has 2 aliphatic heterocycles. The van der Waals surface area contributed by atoms with Crippen LogP contribution in [0.15, 0.2) is 23.3 Å². The number of amides is 6. The summed E-state index contributed by atoms with van der Waals surface area (Å²) in [6, 6.07) is -1.66. The number of rotatable bonds is 14. The van der Waals surface area contributed by atoms with Crippen molar-refractivity contribution in [3.8, 4) is 0 Å². The van der Waals surface area contributed by atoms with Gasteiger partial charge in [0, 0.05) is 25.0 Å². The lowest BCUT2D eigenvalue weighted by Gasteiger charge is -2.30. The molecule has 268 valence electrons. The number of carbonyl (C=O) groups excluding carboxylic acids is 6. The summed E-state index contributed by atoms with van der Waals surface area (Å²) in [6.45, 7) is 23.6. The third-order valence-electron chi connectivity index (χ3n) is 8.04. The van der Waals surface area contributed by atoms with Crippen molar-refractivity contribution >= 4 is 35.4 Å². The molecule has 0 aromatic carbocycles. The van der Waals surface area contributed by atoms with Gasteiger partial charge in [0.25, 0.3) is 23.6 Å². The van der Waals surface area contributed by atoms with Gasteiger partial charge in [-0.2, -0.15) is 0 Å². The molecule has 0 aromatic heterocycles. The van der Waals surface area contributed by atoms with E-state index in [0.717, 1.165) is 24.0 Å². The van der Waals surface area contributed by atoms with Gasteiger partial charge in [-0.3, -0.25) is 38.6 Å². The highest BCUT2D eigenvalue weighted by Crippen LogP contribution is 2.28. The van der Waals surface area contributed by atoms with Gasteiger partial charge in [-0.05, 0) is 74.3 Å². The number of carbonyl (C=O) groups is 6. The van der Waals surface area contributed by atoms with Crippen molar-refractivity contribution in [1.82, 2.24) is 20.4 Å². The number of nitrogens with zero attached hydrogens (tertiary/aromatic N) is 2. The molecule has 2 heterocycles. The summed E-state index contributed by atoms with van der Waals surface area (Å²) < 4.78 is 0. The molecule has 0 spiro atoms. The van der Waals surface area contributed by atoms with E-state index in [1.807, 2.05) is 41.5 Å². The highest BCUT2D eigenvalue weighted by atomic mass is 16.2. The maximum atomic E-state index is 12.9. The second kappa shape index (κ2) is 20.2. The standard InChI is InChI=1S/2C18H30N2O3.CH4/c2*1-7-16(21)19-14(8-11(2)3)18(23)20-15(9-12(4)5)13(6)10-17(20)22;/h2*10-12,14-15H,7-9H2,1-6H3,(H,19,21);1H4/t14-,15?;14-,15+;/m11./s1. The summed E-state index contributed by atoms with van der Waals surface area (Å²) in [4.78, 5) is 76.6. The minimum absolute atomic E-state index is 0. The maximum Gasteiger partial charge on any atom is 0.253 e. The Morgan fingerprint density at radius 3 is 1.15 bits per heavy atom. The van der Waals surface area contributed by atoms with Crippen LogP contribution in [0.3, 0.4) is 0 Å². The van der Waals surface area contributed by atoms with Gasteiger partial charge in [-0.15, -0.1) is 0 Å². The molecule has 4 atom stereocenters. The van der Waals surface area contributed by atoms with Crippen molar-refractivity contribution in [1.29, 1.82) is 0 Å². The molecule has 47 heavy (non-hydrogen) atoms. The molecule has 0 aromatic rings. The molecule has 0 bridgehead atoms. The second-order valence-corrected chi connectivity index (χ2v) is 14.4. The van der Waals surface area contributed by atoms with Gasteiger partial charge in [-0.1, -0.05) is 76.7 Å². The van der Waals surface area contributed by atoms with Crippen molar-refractivity contribution in [3.05, 3.63) is 23.3 Å². The summed E-state index contributed by atoms with van der Waals surface area (Å²) in [5.74, 6) is -0.199. The molecular formula is C37H64N4O6. The number of nitrogens with one attached hydrogen (secondary N) is 2. The summed E-state index contributed by atoms with van der Waals surface area (Å²) >= 11 is 0. The Morgan fingerprint density at radius 1 is 0.617 bits per heavy atom. The van der Waals surface area contributed by atoms with E-state index in [1.165, 1.54) is 9.80 Å². The fourth-order valence-electron chi connectivity index (χ4n) is 5.75. The molecule has 10 heteroatoms. The molecule has 2 rings (SSSR count). The predicted molar refractivity (Wildman–Crippen MR) is 188 cm³/mol. The third kappa shape index (κ3) is 13.4. The zero-order valence-electron chi connectivity index (χ0n) is 30.4. The number of hydrogen-bond acceptors (Lipinski definition) is 6. The third-order valence-corrected chi connectivity index (χ3v) is 8.04. The van der Waals surface area contributed by atoms with Crippen molar-refractivity contribution in [2.45, 2.75) is 153 Å². The summed E-state index contributed by atoms with van der Waals surface area (Å²) in [5.41, 5.74) is 1.84. The topological polar surface area (TPSA) is 133 Å². The largest absolute Gasteiger partial charge is 0.344 e. The molecule has 2 N–H and O–H groups in total. The van der Waals surface area contributed by atoms with Crippen LogP contribution >= 0.6 is 0 Å². The first-order valence-electron chi connectivity index (χ1n) is 17.0. The molecule has 0 fully saturated rings. The van der Waals surface area contributed by atoms with Gasteiger partial charge < -0.3 is 10.6 Å². The molecular weight excluding hydrogens is 596 g/mol. The molecule has 1 unspecified atom stereocenters. The van der Waals surface area contributed by atoms with Crippen molar-refractivity contribution in [3.63, 3.8) is 0 Å². The van der Waals surface area contributed by atoms with Gasteiger partial charge in [-0.25, -0.2) is 0 Å². The molecule has 10 nitrogen and oxygen atoms in total. The smallest absolute Gasteiger partial charge is 0.253 e. The zero-order chi connectivity index (χ0) is 35.5. The Morgan fingerprint density at radius 2 is 0.915 bits per heavy atom. The summed E-state index contributed by atoms with van der Waals surface area (Å²) in [7, 11) is 0. The van der Waals surface area contributed by atoms with Crippen LogP contribution in [0.25, 0.3) is 0 Å². The first-order valence-corrected chi connectivity index (χ1v) is 17.0. The predicted octanol–water partition coefficient (Wildman–Crippen LogP) is 5.95. The average molecular weight is 661 g/mol. The van der Waals surface area contributed by atoms with Crippen molar-refractivity contribution < 1.29 is 28.8 Å². The summed E-state index contributed by atoms with van der Waals surface area (Å²) in [6.07, 6.45) is 6.28. The quantitative estimate of drug-likeness (QED) is 0.237. The lowest BCUT2D eigenvalue weighted by Crippen LogP contribution is -2.52. The molecule has 0 aliphatic carbocycles. The maximum absolute atomic E-state index is 12.9. The van der Waals surface area contributed by atoms with Crippen LogP contribution in [0, 0.1) is 23.7 Å². The Balaban J connectivity index is 0.000000882. The lowest BCUT2D eigenvalue weighted by atomic mass is 9.97. The first-order chi connectivity index (χ1) is 21.3. The van der Waals surface area contributed by atoms with Crippen LogP contribution in [0.1, 0.15) is 129 Å². The summed E-state index contributed by atoms with van der Waals surface area (Å²) in [5, 5.41) is 5.56. The van der Waals surface area contributed by atoms with Crippen LogP contribution < -0.4 is 10.6 Å². The van der Waals surface area contributed by atoms with E-state index in [9.17, 15) is 28.8 Å². The first kappa shape index (κ1) is 43.7. The lowest BCUT2D eigenvalue weighted by molar-refractivity contribution is -0.147. The van der Waals surface area contributed by atoms with E-state index < -0.39 is 12.1 Å². The van der Waals surface area contributed by atoms with E-state index >= 15 is 0 Å². The van der Waals surface area contributed by atoms with Gasteiger partial charge in [0.15, 0.2) is 0 Å². The molecule has 0 saturated heterocycles. The minimum Gasteiger partial charge on any atom is -0.344 e. The second-order valence-electron chi connectivity index (χ2n) is 14.4. The molecule has 0 saturated carbocycles. The fraction of sp³-hybridized carbons (Fsp3) is 0.730. The number of hydrogen-bond donors (Lipinski definition) is 2. The monoisotopic (exact) mass is 660 g/mol. The van der Waals surface area contributed by atoms with Gasteiger partial charge in [0.1, 0.15) is 12.1 Å². The highest BCUT2D eigenvalue weighted by molar-refractivity contribution is 6.07. The van der Waals surface area contributed by atoms with Crippen molar-refractivity contribution in [2.75, 3.05) is 0 Å². The Labute approximate surface area is 284 Å². The van der Waals surface area contributed by atoms with Gasteiger partial charge in [0.2, 0.25) is 11.8 Å². The van der Waals surface area contributed by atoms with Crippen LogP contribution in [-0.2, 0) is 28.8 Å². The van der Waals surface area contributed by atoms with Crippen LogP contribution in [-0.4, -0.2) is 69.4 Å². The number of imide groups is 2. The minimum atomic E-state index is -0.639. The Bertz CT molecular complexity index is 1080. The van der Waals surface area contributed by atoms with Crippen LogP contribution in [0.4, 0.5) is 0 Å². The van der Waals surface area contributed by atoms with E-state index in [2.05, 4.69) is 38.3 Å². The van der Waals surface area contributed by atoms with Crippen molar-refractivity contribution in [2.24, 2.45) is 23.7 Å². The fourth-order valence-corrected chi connectivity index (χ4v) is 5.75. The van der Waals surface area contributed by atoms with Gasteiger partial charge >= 0.3 is 0 Å². The Hall–Kier alpha value is -3.30. The van der Waals surface area contributed by atoms with E-state index in [4.69, 9.17) is 0 Å². The molecule has 0 radical (unpaired) electrons. The van der Waals surface area contributed by atoms with E-state index in [0.29, 0.717) is 37.5 Å². The van der Waals surface area contributed by atoms with Crippen LogP contribution in [0.2, 0.25) is 0 Å². The van der Waals surface area contributed by atoms with Gasteiger partial charge in [0.05, 0.1) is 12.1 Å². The van der Waals surface area contributed by atoms with E-state index in [1.54, 1.807) is 26.0 Å². The molecule has 2 aliphatic rings. The zero-order valence-corrected chi connectivity index (χ0v) is 30.4. The highest BCUT2D eigenvalue weighted by Gasteiger charge is 2.40. The Kier molecular flexibility index (Phi) is 18.7. The normalized spacial score (nSPS) is 18.9. The van der Waals surface area contributed by atoms with E-state index in [-0.39, 0.29) is 66.8 Å². The SMILES string of the molecule is C.CCC(=O)N[C@H](CC(C)C)C(=O)N1C(=O)C=C(C)C1CC(C)C.CCC(=O)N[C@H](CC(C)C)C(=O)N1C(=O)C=C(C)[C@@H]1CC(C)C. The molecule has 6 amide bonds. The average Bonchev–Trinajstić information content (AvgIpc) is 3.37.